The van der Waals surface area contributed by atoms with Crippen LogP contribution in [0.1, 0.15) is 11.1 Å². The van der Waals surface area contributed by atoms with Crippen molar-refractivity contribution in [3.63, 3.8) is 0 Å². The second-order valence-electron chi connectivity index (χ2n) is 2.64. The third kappa shape index (κ3) is 2.74. The summed E-state index contributed by atoms with van der Waals surface area (Å²) >= 11 is 0. The van der Waals surface area contributed by atoms with Gasteiger partial charge >= 0.3 is 0 Å². The first kappa shape index (κ1) is 11.1. The molecule has 7 heteroatoms. The van der Waals surface area contributed by atoms with Crippen LogP contribution in [-0.2, 0) is 0 Å². The van der Waals surface area contributed by atoms with Crippen LogP contribution in [-0.4, -0.2) is 28.1 Å². The van der Waals surface area contributed by atoms with Crippen molar-refractivity contribution in [3.05, 3.63) is 34.5 Å². The van der Waals surface area contributed by atoms with Gasteiger partial charge in [-0.3, -0.25) is 0 Å². The summed E-state index contributed by atoms with van der Waals surface area (Å²) in [5, 5.41) is 40.6. The molecule has 0 bridgehead atoms. The molecule has 1 aromatic rings. The van der Waals surface area contributed by atoms with E-state index in [0.29, 0.717) is 5.56 Å². The van der Waals surface area contributed by atoms with Gasteiger partial charge < -0.3 is 15.6 Å². The highest BCUT2D eigenvalue weighted by Crippen LogP contribution is 2.10. The summed E-state index contributed by atoms with van der Waals surface area (Å²) < 4.78 is 0. The lowest BCUT2D eigenvalue weighted by molar-refractivity contribution is -0.991. The quantitative estimate of drug-likeness (QED) is 0.312. The molecule has 1 atom stereocenters. The first-order valence-corrected chi connectivity index (χ1v) is 3.91. The van der Waals surface area contributed by atoms with Gasteiger partial charge in [0.2, 0.25) is 0 Å². The minimum Gasteiger partial charge on any atom is -0.595 e. The molecule has 7 nitrogen and oxygen atoms in total. The molecule has 0 saturated carbocycles. The fraction of sp³-hybridized carbons (Fsp3) is 0. The Morgan fingerprint density at radius 3 is 2.40 bits per heavy atom. The van der Waals surface area contributed by atoms with Crippen LogP contribution in [0.25, 0.3) is 0 Å². The summed E-state index contributed by atoms with van der Waals surface area (Å²) in [5.74, 6) is 0. The van der Waals surface area contributed by atoms with E-state index in [4.69, 9.17) is 15.6 Å². The number of hydrogen-bond acceptors (Lipinski definition) is 6. The Hall–Kier alpha value is -1.96. The third-order valence-corrected chi connectivity index (χ3v) is 1.71. The van der Waals surface area contributed by atoms with E-state index < -0.39 is 5.23 Å². The Kier molecular flexibility index (Phi) is 3.75. The molecule has 1 rings (SSSR count). The lowest BCUT2D eigenvalue weighted by atomic mass is 10.1. The Bertz CT molecular complexity index is 389. The number of benzene rings is 1. The zero-order valence-electron chi connectivity index (χ0n) is 7.53. The monoisotopic (exact) mass is 211 g/mol. The molecular weight excluding hydrogens is 202 g/mol. The number of nitrogens with one attached hydrogen (secondary N) is 1. The molecular formula is C8H9N3O4. The van der Waals surface area contributed by atoms with Crippen molar-refractivity contribution in [2.75, 3.05) is 0 Å². The average molecular weight is 211 g/mol. The summed E-state index contributed by atoms with van der Waals surface area (Å²) in [6.45, 7) is 0. The van der Waals surface area contributed by atoms with Gasteiger partial charge in [-0.25, -0.2) is 5.21 Å². The summed E-state index contributed by atoms with van der Waals surface area (Å²) in [7, 11) is 0. The smallest absolute Gasteiger partial charge is 0.173 e. The van der Waals surface area contributed by atoms with Crippen LogP contribution in [0.2, 0.25) is 0 Å². The average Bonchev–Trinajstić information content (AvgIpc) is 2.21. The molecule has 1 unspecified atom stereocenters. The number of rotatable bonds is 3. The lowest BCUT2D eigenvalue weighted by Gasteiger charge is -2.13. The summed E-state index contributed by atoms with van der Waals surface area (Å²) in [4.78, 5) is 0. The summed E-state index contributed by atoms with van der Waals surface area (Å²) in [5.41, 5.74) is 0.662. The molecule has 15 heavy (non-hydrogen) atoms. The van der Waals surface area contributed by atoms with Gasteiger partial charge in [0.05, 0.1) is 18.0 Å². The van der Waals surface area contributed by atoms with Gasteiger partial charge in [-0.15, -0.1) is 0 Å². The highest BCUT2D eigenvalue weighted by atomic mass is 16.8. The zero-order valence-corrected chi connectivity index (χ0v) is 7.53. The molecule has 0 aliphatic carbocycles. The Balaban J connectivity index is 3.20. The van der Waals surface area contributed by atoms with Crippen molar-refractivity contribution in [1.82, 2.24) is 0 Å². The highest BCUT2D eigenvalue weighted by molar-refractivity contribution is 5.88. The number of hydrogen-bond donors (Lipinski definition) is 4. The second-order valence-corrected chi connectivity index (χ2v) is 2.64. The van der Waals surface area contributed by atoms with E-state index in [1.807, 2.05) is 0 Å². The highest BCUT2D eigenvalue weighted by Gasteiger charge is 2.08. The van der Waals surface area contributed by atoms with Crippen molar-refractivity contribution in [3.8, 4) is 0 Å². The van der Waals surface area contributed by atoms with Gasteiger partial charge in [0.15, 0.2) is 5.69 Å². The van der Waals surface area contributed by atoms with Crippen molar-refractivity contribution in [2.45, 2.75) is 0 Å². The van der Waals surface area contributed by atoms with E-state index in [0.717, 1.165) is 12.4 Å². The number of nitrogens with zero attached hydrogens (tertiary/aromatic N) is 2. The van der Waals surface area contributed by atoms with E-state index in [1.165, 1.54) is 18.2 Å². The molecule has 4 N–H and O–H groups in total. The first-order valence-electron chi connectivity index (χ1n) is 3.91. The van der Waals surface area contributed by atoms with Crippen molar-refractivity contribution >= 4 is 18.1 Å². The van der Waals surface area contributed by atoms with Crippen molar-refractivity contribution in [2.24, 2.45) is 10.3 Å². The Morgan fingerprint density at radius 2 is 1.87 bits per heavy atom. The minimum absolute atomic E-state index is 0.0369. The first-order chi connectivity index (χ1) is 7.19. The topological polar surface area (TPSA) is 113 Å². The van der Waals surface area contributed by atoms with Gasteiger partial charge in [0, 0.05) is 11.6 Å². The van der Waals surface area contributed by atoms with E-state index >= 15 is 0 Å². The lowest BCUT2D eigenvalue weighted by Crippen LogP contribution is -2.99. The van der Waals surface area contributed by atoms with Gasteiger partial charge in [-0.05, 0) is 6.07 Å². The standard InChI is InChI=1S/C8H9N3O4/c12-9-4-6-1-2-7(5-10-13)8(3-6)11(14)15/h1-5,11-14H. The van der Waals surface area contributed by atoms with Crippen LogP contribution in [0, 0.1) is 5.21 Å². The van der Waals surface area contributed by atoms with Gasteiger partial charge in [0.1, 0.15) is 0 Å². The number of quaternary nitrogens is 1. The fourth-order valence-electron chi connectivity index (χ4n) is 1.08. The maximum atomic E-state index is 10.8. The van der Waals surface area contributed by atoms with E-state index in [9.17, 15) is 5.21 Å². The molecule has 0 radical (unpaired) electrons. The SMILES string of the molecule is [O-][NH+](O)c1cc(C=NO)ccc1C=NO. The van der Waals surface area contributed by atoms with Crippen LogP contribution in [0.5, 0.6) is 0 Å². The molecule has 0 spiro atoms. The molecule has 80 valence electrons. The van der Waals surface area contributed by atoms with Crippen molar-refractivity contribution in [1.29, 1.82) is 0 Å². The van der Waals surface area contributed by atoms with Crippen LogP contribution in [0.3, 0.4) is 0 Å². The summed E-state index contributed by atoms with van der Waals surface area (Å²) in [6.07, 6.45) is 2.12. The maximum absolute atomic E-state index is 10.8. The zero-order chi connectivity index (χ0) is 11.3. The normalized spacial score (nSPS) is 13.7. The molecule has 0 aliphatic rings. The molecule has 0 amide bonds. The molecule has 0 aromatic heterocycles. The summed E-state index contributed by atoms with van der Waals surface area (Å²) in [6, 6.07) is 4.28. The maximum Gasteiger partial charge on any atom is 0.173 e. The minimum atomic E-state index is -1.15. The fourth-order valence-corrected chi connectivity index (χ4v) is 1.08. The van der Waals surface area contributed by atoms with E-state index in [-0.39, 0.29) is 11.3 Å². The van der Waals surface area contributed by atoms with Gasteiger partial charge in [-0.1, -0.05) is 16.4 Å². The molecule has 0 heterocycles. The largest absolute Gasteiger partial charge is 0.595 e. The molecule has 0 fully saturated rings. The Morgan fingerprint density at radius 1 is 1.20 bits per heavy atom. The van der Waals surface area contributed by atoms with Crippen LogP contribution in [0.15, 0.2) is 28.5 Å². The van der Waals surface area contributed by atoms with Crippen LogP contribution >= 0.6 is 0 Å². The molecule has 0 saturated heterocycles. The van der Waals surface area contributed by atoms with Crippen molar-refractivity contribution < 1.29 is 20.8 Å². The van der Waals surface area contributed by atoms with Gasteiger partial charge in [0.25, 0.3) is 0 Å². The predicted octanol–water partition coefficient (Wildman–Crippen LogP) is -0.294. The third-order valence-electron chi connectivity index (χ3n) is 1.71. The second kappa shape index (κ2) is 5.05. The van der Waals surface area contributed by atoms with Gasteiger partial charge in [-0.2, -0.15) is 5.23 Å². The Labute approximate surface area is 84.7 Å². The van der Waals surface area contributed by atoms with Crippen LogP contribution in [0.4, 0.5) is 5.69 Å². The number of oxime groups is 2. The van der Waals surface area contributed by atoms with E-state index in [2.05, 4.69) is 10.3 Å². The predicted molar refractivity (Wildman–Crippen MR) is 51.0 cm³/mol. The van der Waals surface area contributed by atoms with E-state index in [1.54, 1.807) is 0 Å². The molecule has 0 aliphatic heterocycles. The van der Waals surface area contributed by atoms with Crippen LogP contribution < -0.4 is 5.23 Å². The molecule has 1 aromatic carbocycles.